The summed E-state index contributed by atoms with van der Waals surface area (Å²) in [6, 6.07) is 7.42. The van der Waals surface area contributed by atoms with Crippen molar-refractivity contribution < 1.29 is 14.7 Å². The van der Waals surface area contributed by atoms with Crippen LogP contribution < -0.4 is 5.32 Å². The normalized spacial score (nSPS) is 22.8. The Morgan fingerprint density at radius 2 is 2.21 bits per heavy atom. The predicted octanol–water partition coefficient (Wildman–Crippen LogP) is 0.917. The summed E-state index contributed by atoms with van der Waals surface area (Å²) in [4.78, 5) is 25.8. The van der Waals surface area contributed by atoms with Crippen LogP contribution in [-0.2, 0) is 11.3 Å². The molecule has 1 aliphatic carbocycles. The van der Waals surface area contributed by atoms with Gasteiger partial charge < -0.3 is 15.3 Å². The molecule has 1 aromatic heterocycles. The molecule has 2 heterocycles. The fourth-order valence-electron chi connectivity index (χ4n) is 3.99. The van der Waals surface area contributed by atoms with Crippen LogP contribution in [0.4, 0.5) is 0 Å². The number of carbonyl (C=O) groups is 2. The number of rotatable bonds is 4. The molecule has 2 amide bonds. The van der Waals surface area contributed by atoms with E-state index in [1.165, 1.54) is 0 Å². The monoisotopic (exact) mass is 383 g/mol. The van der Waals surface area contributed by atoms with Gasteiger partial charge in [-0.25, -0.2) is 4.68 Å². The van der Waals surface area contributed by atoms with Crippen molar-refractivity contribution >= 4 is 11.8 Å². The number of aliphatic hydroxyl groups is 1. The first-order chi connectivity index (χ1) is 13.6. The first-order valence-electron chi connectivity index (χ1n) is 9.81. The van der Waals surface area contributed by atoms with E-state index in [1.54, 1.807) is 15.6 Å². The number of piperazine rings is 1. The molecule has 1 aliphatic heterocycles. The van der Waals surface area contributed by atoms with Crippen LogP contribution in [0.3, 0.4) is 0 Å². The van der Waals surface area contributed by atoms with Crippen LogP contribution in [-0.4, -0.2) is 62.6 Å². The minimum atomic E-state index is -0.247. The molecule has 0 bridgehead atoms. The number of aromatic nitrogens is 3. The third-order valence-corrected chi connectivity index (χ3v) is 5.47. The highest BCUT2D eigenvalue weighted by Crippen LogP contribution is 2.31. The van der Waals surface area contributed by atoms with Gasteiger partial charge >= 0.3 is 0 Å². The summed E-state index contributed by atoms with van der Waals surface area (Å²) in [5.41, 5.74) is 2.45. The van der Waals surface area contributed by atoms with Crippen molar-refractivity contribution in [3.63, 3.8) is 0 Å². The summed E-state index contributed by atoms with van der Waals surface area (Å²) in [6.07, 6.45) is 5.34. The van der Waals surface area contributed by atoms with Gasteiger partial charge in [0.2, 0.25) is 5.91 Å². The number of benzene rings is 1. The Kier molecular flexibility index (Phi) is 5.38. The Balaban J connectivity index is 1.44. The summed E-state index contributed by atoms with van der Waals surface area (Å²) < 4.78 is 1.77. The van der Waals surface area contributed by atoms with Gasteiger partial charge in [-0.05, 0) is 37.0 Å². The van der Waals surface area contributed by atoms with Gasteiger partial charge in [0.05, 0.1) is 24.9 Å². The lowest BCUT2D eigenvalue weighted by Gasteiger charge is -2.26. The van der Waals surface area contributed by atoms with Crippen LogP contribution in [0.5, 0.6) is 0 Å². The van der Waals surface area contributed by atoms with Crippen LogP contribution in [0.25, 0.3) is 0 Å². The molecule has 2 aromatic rings. The average Bonchev–Trinajstić information content (AvgIpc) is 3.16. The first kappa shape index (κ1) is 18.6. The Morgan fingerprint density at radius 3 is 3.04 bits per heavy atom. The third-order valence-electron chi connectivity index (χ3n) is 5.47. The lowest BCUT2D eigenvalue weighted by molar-refractivity contribution is -0.123. The maximum absolute atomic E-state index is 12.7. The van der Waals surface area contributed by atoms with Crippen molar-refractivity contribution in [1.29, 1.82) is 0 Å². The highest BCUT2D eigenvalue weighted by atomic mass is 16.3. The van der Waals surface area contributed by atoms with E-state index in [0.29, 0.717) is 25.2 Å². The van der Waals surface area contributed by atoms with Gasteiger partial charge in [-0.2, -0.15) is 0 Å². The summed E-state index contributed by atoms with van der Waals surface area (Å²) in [5.74, 6) is 0.00145. The van der Waals surface area contributed by atoms with Gasteiger partial charge in [0, 0.05) is 30.8 Å². The van der Waals surface area contributed by atoms with Gasteiger partial charge in [-0.1, -0.05) is 23.8 Å². The number of hydrogen-bond donors (Lipinski definition) is 2. The molecule has 2 fully saturated rings. The summed E-state index contributed by atoms with van der Waals surface area (Å²) in [6.45, 7) is 1.63. The molecule has 0 radical (unpaired) electrons. The van der Waals surface area contributed by atoms with Gasteiger partial charge in [0.15, 0.2) is 0 Å². The highest BCUT2D eigenvalue weighted by molar-refractivity contribution is 5.97. The summed E-state index contributed by atoms with van der Waals surface area (Å²) >= 11 is 0. The number of nitrogens with one attached hydrogen (secondary N) is 1. The fourth-order valence-corrected chi connectivity index (χ4v) is 3.99. The van der Waals surface area contributed by atoms with Crippen LogP contribution in [0.15, 0.2) is 30.5 Å². The van der Waals surface area contributed by atoms with E-state index in [9.17, 15) is 14.7 Å². The molecular weight excluding hydrogens is 358 g/mol. The second-order valence-corrected chi connectivity index (χ2v) is 7.64. The van der Waals surface area contributed by atoms with E-state index in [2.05, 4.69) is 15.6 Å². The molecular formula is C20H25N5O3. The van der Waals surface area contributed by atoms with Crippen molar-refractivity contribution in [3.8, 4) is 0 Å². The van der Waals surface area contributed by atoms with Crippen molar-refractivity contribution in [1.82, 2.24) is 25.2 Å². The minimum Gasteiger partial charge on any atom is -0.393 e. The lowest BCUT2D eigenvalue weighted by Crippen LogP contribution is -2.49. The van der Waals surface area contributed by atoms with Crippen molar-refractivity contribution in [2.75, 3.05) is 19.6 Å². The van der Waals surface area contributed by atoms with Crippen LogP contribution in [0, 0.1) is 0 Å². The largest absolute Gasteiger partial charge is 0.393 e. The standard InChI is InChI=1S/C20H25N5O3/c26-17-6-2-4-15(10-17)18-12-25(23-22-18)11-14-3-1-5-16(9-14)20(28)24-8-7-21-19(27)13-24/h1,3,5,9,12,15,17,26H,2,4,6-8,10-11,13H2,(H,21,27). The topological polar surface area (TPSA) is 100 Å². The van der Waals surface area contributed by atoms with Gasteiger partial charge in [-0.15, -0.1) is 5.10 Å². The number of nitrogens with zero attached hydrogens (tertiary/aromatic N) is 4. The number of carbonyl (C=O) groups excluding carboxylic acids is 2. The van der Waals surface area contributed by atoms with Crippen LogP contribution in [0.2, 0.25) is 0 Å². The Labute approximate surface area is 163 Å². The number of hydrogen-bond acceptors (Lipinski definition) is 5. The Morgan fingerprint density at radius 1 is 1.32 bits per heavy atom. The van der Waals surface area contributed by atoms with Gasteiger partial charge in [0.1, 0.15) is 0 Å². The van der Waals surface area contributed by atoms with Gasteiger partial charge in [0.25, 0.3) is 5.91 Å². The van der Waals surface area contributed by atoms with Crippen molar-refractivity contribution in [3.05, 3.63) is 47.3 Å². The fraction of sp³-hybridized carbons (Fsp3) is 0.500. The molecule has 4 rings (SSSR count). The van der Waals surface area contributed by atoms with Crippen LogP contribution >= 0.6 is 0 Å². The maximum atomic E-state index is 12.7. The van der Waals surface area contributed by atoms with E-state index >= 15 is 0 Å². The van der Waals surface area contributed by atoms with Crippen molar-refractivity contribution in [2.45, 2.75) is 44.2 Å². The molecule has 1 saturated carbocycles. The zero-order valence-corrected chi connectivity index (χ0v) is 15.8. The molecule has 2 unspecified atom stereocenters. The highest BCUT2D eigenvalue weighted by Gasteiger charge is 2.24. The molecule has 28 heavy (non-hydrogen) atoms. The maximum Gasteiger partial charge on any atom is 0.254 e. The zero-order valence-electron chi connectivity index (χ0n) is 15.8. The van der Waals surface area contributed by atoms with E-state index in [1.807, 2.05) is 24.4 Å². The zero-order chi connectivity index (χ0) is 19.5. The average molecular weight is 383 g/mol. The summed E-state index contributed by atoms with van der Waals surface area (Å²) in [5, 5.41) is 21.1. The van der Waals surface area contributed by atoms with E-state index in [0.717, 1.165) is 36.9 Å². The molecule has 2 aliphatic rings. The first-order valence-corrected chi connectivity index (χ1v) is 9.81. The molecule has 2 N–H and O–H groups in total. The molecule has 0 spiro atoms. The molecule has 1 aromatic carbocycles. The van der Waals surface area contributed by atoms with Crippen LogP contribution in [0.1, 0.15) is 53.2 Å². The molecule has 8 nitrogen and oxygen atoms in total. The second kappa shape index (κ2) is 8.10. The lowest BCUT2D eigenvalue weighted by atomic mass is 9.85. The Bertz CT molecular complexity index is 865. The van der Waals surface area contributed by atoms with E-state index in [4.69, 9.17) is 0 Å². The SMILES string of the molecule is O=C1CN(C(=O)c2cccc(Cn3cc(C4CCCC(O)C4)nn3)c2)CCN1. The third kappa shape index (κ3) is 4.22. The van der Waals surface area contributed by atoms with Crippen molar-refractivity contribution in [2.24, 2.45) is 0 Å². The predicted molar refractivity (Wildman–Crippen MR) is 102 cm³/mol. The van der Waals surface area contributed by atoms with E-state index < -0.39 is 0 Å². The smallest absolute Gasteiger partial charge is 0.254 e. The quantitative estimate of drug-likeness (QED) is 0.818. The van der Waals surface area contributed by atoms with E-state index in [-0.39, 0.29) is 30.4 Å². The summed E-state index contributed by atoms with van der Waals surface area (Å²) in [7, 11) is 0. The molecule has 148 valence electrons. The molecule has 8 heteroatoms. The number of aliphatic hydroxyl groups excluding tert-OH is 1. The molecule has 2 atom stereocenters. The van der Waals surface area contributed by atoms with Gasteiger partial charge in [-0.3, -0.25) is 9.59 Å². The minimum absolute atomic E-state index is 0.0999. The number of amides is 2. The molecule has 1 saturated heterocycles. The second-order valence-electron chi connectivity index (χ2n) is 7.64. The Hall–Kier alpha value is -2.74.